The number of carbonyl (C=O) groups is 2. The largest absolute Gasteiger partial charge is 0.449 e. The van der Waals surface area contributed by atoms with Gasteiger partial charge in [0, 0.05) is 11.8 Å². The third-order valence-electron chi connectivity index (χ3n) is 4.21. The minimum atomic E-state index is -4.47. The molecular weight excluding hydrogens is 383 g/mol. The van der Waals surface area contributed by atoms with Gasteiger partial charge in [0.2, 0.25) is 0 Å². The van der Waals surface area contributed by atoms with E-state index in [1.807, 2.05) is 32.9 Å². The molecule has 2 aromatic rings. The number of benzene rings is 2. The molecule has 0 bridgehead atoms. The van der Waals surface area contributed by atoms with E-state index in [1.54, 1.807) is 0 Å². The second-order valence-corrected chi connectivity index (χ2v) is 6.80. The van der Waals surface area contributed by atoms with Crippen molar-refractivity contribution >= 4 is 23.6 Å². The molecule has 1 N–H and O–H groups in total. The number of anilines is 1. The molecule has 1 amide bonds. The number of ether oxygens (including phenoxy) is 1. The Morgan fingerprint density at radius 1 is 1.07 bits per heavy atom. The molecule has 0 aromatic heterocycles. The van der Waals surface area contributed by atoms with Gasteiger partial charge in [-0.25, -0.2) is 4.79 Å². The Morgan fingerprint density at radius 2 is 1.69 bits per heavy atom. The number of esters is 1. The molecule has 2 rings (SSSR count). The fraction of sp³-hybridized carbons (Fsp3) is 0.273. The number of hydrogen-bond acceptors (Lipinski definition) is 3. The van der Waals surface area contributed by atoms with Crippen LogP contribution in [-0.4, -0.2) is 18.0 Å². The lowest BCUT2D eigenvalue weighted by Gasteiger charge is -2.16. The quantitative estimate of drug-likeness (QED) is 0.549. The maximum atomic E-state index is 12.7. The minimum Gasteiger partial charge on any atom is -0.449 e. The maximum Gasteiger partial charge on any atom is 0.416 e. The summed E-state index contributed by atoms with van der Waals surface area (Å²) in [6.07, 6.45) is -3.35. The average molecular weight is 405 g/mol. The predicted molar refractivity (Wildman–Crippen MR) is 105 cm³/mol. The molecule has 154 valence electrons. The fourth-order valence-corrected chi connectivity index (χ4v) is 2.85. The molecule has 0 spiro atoms. The maximum absolute atomic E-state index is 12.7. The molecule has 0 aliphatic carbocycles. The summed E-state index contributed by atoms with van der Waals surface area (Å²) in [6.45, 7) is 7.10. The number of halogens is 3. The molecule has 0 unspecified atom stereocenters. The molecule has 0 aliphatic rings. The van der Waals surface area contributed by atoms with Gasteiger partial charge in [-0.05, 0) is 62.6 Å². The highest BCUT2D eigenvalue weighted by atomic mass is 19.4. The van der Waals surface area contributed by atoms with E-state index in [0.717, 1.165) is 34.9 Å². The second-order valence-electron chi connectivity index (χ2n) is 6.80. The number of alkyl halides is 3. The van der Waals surface area contributed by atoms with Gasteiger partial charge in [0.1, 0.15) is 0 Å². The van der Waals surface area contributed by atoms with E-state index in [0.29, 0.717) is 5.69 Å². The Labute approximate surface area is 167 Å². The summed E-state index contributed by atoms with van der Waals surface area (Å²) in [5.74, 6) is -1.33. The normalized spacial score (nSPS) is 12.7. The lowest BCUT2D eigenvalue weighted by molar-refractivity contribution is -0.148. The van der Waals surface area contributed by atoms with E-state index in [4.69, 9.17) is 4.74 Å². The molecular formula is C22H22F3NO3. The molecule has 2 aromatic carbocycles. The van der Waals surface area contributed by atoms with Crippen LogP contribution in [0.15, 0.2) is 42.5 Å². The van der Waals surface area contributed by atoms with E-state index in [1.165, 1.54) is 25.1 Å². The number of hydrogen-bond donors (Lipinski definition) is 1. The van der Waals surface area contributed by atoms with Gasteiger partial charge in [-0.2, -0.15) is 13.2 Å². The van der Waals surface area contributed by atoms with Crippen molar-refractivity contribution in [3.05, 3.63) is 70.3 Å². The van der Waals surface area contributed by atoms with Crippen LogP contribution in [0, 0.1) is 20.8 Å². The summed E-state index contributed by atoms with van der Waals surface area (Å²) < 4.78 is 43.2. The zero-order valence-electron chi connectivity index (χ0n) is 16.6. The summed E-state index contributed by atoms with van der Waals surface area (Å²) >= 11 is 0. The number of rotatable bonds is 5. The molecule has 0 saturated carbocycles. The third-order valence-corrected chi connectivity index (χ3v) is 4.21. The average Bonchev–Trinajstić information content (AvgIpc) is 2.62. The van der Waals surface area contributed by atoms with Gasteiger partial charge in [-0.3, -0.25) is 4.79 Å². The first kappa shape index (κ1) is 22.2. The first-order chi connectivity index (χ1) is 13.5. The smallest absolute Gasteiger partial charge is 0.416 e. The van der Waals surface area contributed by atoms with Crippen molar-refractivity contribution in [3.8, 4) is 0 Å². The van der Waals surface area contributed by atoms with Crippen LogP contribution in [0.25, 0.3) is 6.08 Å². The molecule has 29 heavy (non-hydrogen) atoms. The van der Waals surface area contributed by atoms with Gasteiger partial charge in [-0.1, -0.05) is 29.8 Å². The van der Waals surface area contributed by atoms with Gasteiger partial charge in [0.15, 0.2) is 6.10 Å². The van der Waals surface area contributed by atoms with Crippen molar-refractivity contribution in [2.24, 2.45) is 0 Å². The van der Waals surface area contributed by atoms with Crippen molar-refractivity contribution < 1.29 is 27.5 Å². The van der Waals surface area contributed by atoms with Crippen LogP contribution in [0.2, 0.25) is 0 Å². The van der Waals surface area contributed by atoms with Crippen molar-refractivity contribution in [3.63, 3.8) is 0 Å². The van der Waals surface area contributed by atoms with Gasteiger partial charge in [-0.15, -0.1) is 0 Å². The molecule has 7 heteroatoms. The van der Waals surface area contributed by atoms with Gasteiger partial charge >= 0.3 is 12.1 Å². The van der Waals surface area contributed by atoms with Crippen LogP contribution in [-0.2, 0) is 20.5 Å². The molecule has 4 nitrogen and oxygen atoms in total. The van der Waals surface area contributed by atoms with Gasteiger partial charge < -0.3 is 10.1 Å². The van der Waals surface area contributed by atoms with Crippen molar-refractivity contribution in [1.29, 1.82) is 0 Å². The lowest BCUT2D eigenvalue weighted by Crippen LogP contribution is -2.30. The summed E-state index contributed by atoms with van der Waals surface area (Å²) in [7, 11) is 0. The highest BCUT2D eigenvalue weighted by molar-refractivity contribution is 5.97. The highest BCUT2D eigenvalue weighted by Crippen LogP contribution is 2.29. The third kappa shape index (κ3) is 6.20. The van der Waals surface area contributed by atoms with Crippen LogP contribution < -0.4 is 5.32 Å². The number of nitrogens with one attached hydrogen (secondary N) is 1. The van der Waals surface area contributed by atoms with E-state index >= 15 is 0 Å². The number of aryl methyl sites for hydroxylation is 3. The monoisotopic (exact) mass is 405 g/mol. The number of carbonyl (C=O) groups excluding carboxylic acids is 2. The number of amides is 1. The zero-order chi connectivity index (χ0) is 21.8. The summed E-state index contributed by atoms with van der Waals surface area (Å²) in [4.78, 5) is 24.3. The first-order valence-corrected chi connectivity index (χ1v) is 8.92. The van der Waals surface area contributed by atoms with E-state index in [2.05, 4.69) is 5.32 Å². The second kappa shape index (κ2) is 8.94. The zero-order valence-corrected chi connectivity index (χ0v) is 16.6. The molecule has 1 atom stereocenters. The fourth-order valence-electron chi connectivity index (χ4n) is 2.85. The van der Waals surface area contributed by atoms with E-state index in [-0.39, 0.29) is 5.56 Å². The Morgan fingerprint density at radius 3 is 2.28 bits per heavy atom. The van der Waals surface area contributed by atoms with Crippen molar-refractivity contribution in [1.82, 2.24) is 0 Å². The highest BCUT2D eigenvalue weighted by Gasteiger charge is 2.30. The molecule has 0 radical (unpaired) electrons. The van der Waals surface area contributed by atoms with Crippen molar-refractivity contribution in [2.75, 3.05) is 5.32 Å². The predicted octanol–water partition coefficient (Wildman–Crippen LogP) is 5.21. The minimum absolute atomic E-state index is 0.194. The summed E-state index contributed by atoms with van der Waals surface area (Å²) in [5.41, 5.74) is 2.88. The Kier molecular flexibility index (Phi) is 6.84. The standard InChI is InChI=1S/C22H22F3NO3/c1-13-10-14(2)20(15(3)11-13)26-21(28)16(4)29-19(27)9-8-17-6-5-7-18(12-17)22(23,24)25/h5-12,16H,1-4H3,(H,26,28)/b9-8+/t16-/m1/s1. The van der Waals surface area contributed by atoms with E-state index in [9.17, 15) is 22.8 Å². The first-order valence-electron chi connectivity index (χ1n) is 8.92. The topological polar surface area (TPSA) is 55.4 Å². The molecule has 0 aliphatic heterocycles. The molecule has 0 saturated heterocycles. The Balaban J connectivity index is 2.00. The lowest BCUT2D eigenvalue weighted by atomic mass is 10.0. The van der Waals surface area contributed by atoms with Gasteiger partial charge in [0.05, 0.1) is 5.56 Å². The summed E-state index contributed by atoms with van der Waals surface area (Å²) in [6, 6.07) is 8.39. The van der Waals surface area contributed by atoms with Crippen LogP contribution >= 0.6 is 0 Å². The van der Waals surface area contributed by atoms with Crippen LogP contribution in [0.1, 0.15) is 34.7 Å². The molecule has 0 heterocycles. The molecule has 0 fully saturated rings. The van der Waals surface area contributed by atoms with Crippen LogP contribution in [0.3, 0.4) is 0 Å². The van der Waals surface area contributed by atoms with Crippen LogP contribution in [0.4, 0.5) is 18.9 Å². The van der Waals surface area contributed by atoms with Crippen molar-refractivity contribution in [2.45, 2.75) is 40.0 Å². The Hall–Kier alpha value is -3.09. The van der Waals surface area contributed by atoms with Gasteiger partial charge in [0.25, 0.3) is 5.91 Å². The summed E-state index contributed by atoms with van der Waals surface area (Å²) in [5, 5.41) is 2.74. The Bertz CT molecular complexity index is 926. The van der Waals surface area contributed by atoms with Crippen LogP contribution in [0.5, 0.6) is 0 Å². The van der Waals surface area contributed by atoms with E-state index < -0.39 is 29.7 Å². The SMILES string of the molecule is Cc1cc(C)c(NC(=O)[C@@H](C)OC(=O)/C=C/c2cccc(C(F)(F)F)c2)c(C)c1.